The number of rotatable bonds is 6. The van der Waals surface area contributed by atoms with Crippen LogP contribution in [-0.2, 0) is 14.0 Å². The van der Waals surface area contributed by atoms with Crippen LogP contribution in [0.2, 0.25) is 5.04 Å². The van der Waals surface area contributed by atoms with Crippen LogP contribution in [-0.4, -0.2) is 44.1 Å². The summed E-state index contributed by atoms with van der Waals surface area (Å²) in [6.07, 6.45) is 1.90. The molecule has 0 radical (unpaired) electrons. The summed E-state index contributed by atoms with van der Waals surface area (Å²) in [4.78, 5) is 13.0. The molecule has 2 aromatic rings. The maximum absolute atomic E-state index is 13.0. The summed E-state index contributed by atoms with van der Waals surface area (Å²) in [6.45, 7) is 8.65. The summed E-state index contributed by atoms with van der Waals surface area (Å²) in [5, 5.41) is 12.8. The van der Waals surface area contributed by atoms with Gasteiger partial charge in [-0.15, -0.1) is 0 Å². The summed E-state index contributed by atoms with van der Waals surface area (Å²) in [5.41, 5.74) is 1.14. The van der Waals surface area contributed by atoms with Gasteiger partial charge >= 0.3 is 0 Å². The van der Waals surface area contributed by atoms with Gasteiger partial charge in [0.2, 0.25) is 0 Å². The number of aliphatic hydroxyl groups excluding tert-OH is 1. The molecule has 1 aliphatic carbocycles. The number of ketones is 1. The molecule has 0 spiro atoms. The number of hydrogen-bond donors (Lipinski definition) is 1. The van der Waals surface area contributed by atoms with Crippen molar-refractivity contribution in [1.82, 2.24) is 0 Å². The van der Waals surface area contributed by atoms with Gasteiger partial charge in [-0.3, -0.25) is 4.79 Å². The van der Waals surface area contributed by atoms with Gasteiger partial charge in [-0.25, -0.2) is 0 Å². The Morgan fingerprint density at radius 3 is 2.06 bits per heavy atom. The molecule has 1 saturated heterocycles. The molecule has 0 amide bonds. The molecule has 1 aliphatic heterocycles. The summed E-state index contributed by atoms with van der Waals surface area (Å²) < 4.78 is 12.4. The van der Waals surface area contributed by atoms with Crippen LogP contribution < -0.4 is 10.4 Å². The number of allylic oxidation sites excluding steroid dienone is 1. The Bertz CT molecular complexity index is 965. The zero-order valence-corrected chi connectivity index (χ0v) is 19.5. The molecule has 5 heteroatoms. The Kier molecular flexibility index (Phi) is 5.88. The zero-order chi connectivity index (χ0) is 22.2. The van der Waals surface area contributed by atoms with Crippen LogP contribution in [0.15, 0.2) is 84.0 Å². The lowest BCUT2D eigenvalue weighted by Crippen LogP contribution is -2.66. The number of carbonyl (C=O) groups is 1. The first-order valence-corrected chi connectivity index (χ1v) is 12.7. The highest BCUT2D eigenvalue weighted by Gasteiger charge is 2.56. The normalized spacial score (nSPS) is 23.9. The standard InChI is InChI=1S/C26H30O4Si/c1-5-12-20-21(23(28)25-24(30-25)22(20)27)17-29-31(26(2,3)4,18-13-8-6-9-14-18)19-15-10-7-11-16-19/h5-16,22,24-25,27H,17H2,1-4H3/b12-5+/t22-,24+,25-/m1/s1. The fourth-order valence-electron chi connectivity index (χ4n) is 4.72. The van der Waals surface area contributed by atoms with Crippen LogP contribution in [0.4, 0.5) is 0 Å². The van der Waals surface area contributed by atoms with E-state index in [4.69, 9.17) is 9.16 Å². The molecule has 2 aliphatic rings. The third-order valence-electron chi connectivity index (χ3n) is 6.26. The van der Waals surface area contributed by atoms with Crippen molar-refractivity contribution in [3.8, 4) is 0 Å². The molecule has 1 N–H and O–H groups in total. The molecule has 0 saturated carbocycles. The van der Waals surface area contributed by atoms with Crippen LogP contribution in [0, 0.1) is 0 Å². The van der Waals surface area contributed by atoms with Crippen molar-refractivity contribution < 1.29 is 19.1 Å². The number of hydrogen-bond acceptors (Lipinski definition) is 4. The van der Waals surface area contributed by atoms with Crippen molar-refractivity contribution >= 4 is 24.5 Å². The summed E-state index contributed by atoms with van der Waals surface area (Å²) in [7, 11) is -2.78. The predicted molar refractivity (Wildman–Crippen MR) is 125 cm³/mol. The second-order valence-corrected chi connectivity index (χ2v) is 13.5. The Hall–Kier alpha value is -2.31. The van der Waals surface area contributed by atoms with E-state index in [0.717, 1.165) is 10.4 Å². The zero-order valence-electron chi connectivity index (χ0n) is 18.5. The van der Waals surface area contributed by atoms with E-state index in [-0.39, 0.29) is 17.4 Å². The summed E-state index contributed by atoms with van der Waals surface area (Å²) in [5.74, 6) is -0.0682. The maximum Gasteiger partial charge on any atom is 0.261 e. The average molecular weight is 435 g/mol. The third-order valence-corrected chi connectivity index (χ3v) is 11.2. The number of Topliss-reactive ketones (excluding diaryl/α,β-unsaturated/α-hetero) is 1. The minimum Gasteiger partial charge on any atom is -0.403 e. The Morgan fingerprint density at radius 1 is 1.03 bits per heavy atom. The lowest BCUT2D eigenvalue weighted by Gasteiger charge is -2.43. The van der Waals surface area contributed by atoms with Gasteiger partial charge in [-0.2, -0.15) is 0 Å². The van der Waals surface area contributed by atoms with Crippen LogP contribution in [0.5, 0.6) is 0 Å². The number of aliphatic hydroxyl groups is 1. The topological polar surface area (TPSA) is 59.1 Å². The fourth-order valence-corrected chi connectivity index (χ4v) is 9.24. The number of carbonyl (C=O) groups excluding carboxylic acids is 1. The van der Waals surface area contributed by atoms with Crippen molar-refractivity contribution in [2.24, 2.45) is 0 Å². The monoisotopic (exact) mass is 434 g/mol. The Morgan fingerprint density at radius 2 is 1.58 bits per heavy atom. The predicted octanol–water partition coefficient (Wildman–Crippen LogP) is 3.15. The lowest BCUT2D eigenvalue weighted by atomic mass is 9.88. The number of benzene rings is 2. The van der Waals surface area contributed by atoms with Crippen molar-refractivity contribution in [1.29, 1.82) is 0 Å². The molecule has 1 fully saturated rings. The minimum absolute atomic E-state index is 0.0682. The molecule has 0 bridgehead atoms. The largest absolute Gasteiger partial charge is 0.403 e. The van der Waals surface area contributed by atoms with Gasteiger partial charge < -0.3 is 14.3 Å². The summed E-state index contributed by atoms with van der Waals surface area (Å²) >= 11 is 0. The molecule has 0 unspecified atom stereocenters. The third kappa shape index (κ3) is 3.76. The number of epoxide rings is 1. The Balaban J connectivity index is 1.82. The fraction of sp³-hybridized carbons (Fsp3) is 0.346. The van der Waals surface area contributed by atoms with Crippen molar-refractivity contribution in [3.05, 3.63) is 84.0 Å². The van der Waals surface area contributed by atoms with Crippen LogP contribution >= 0.6 is 0 Å². The van der Waals surface area contributed by atoms with E-state index in [1.54, 1.807) is 0 Å². The van der Waals surface area contributed by atoms with Crippen molar-refractivity contribution in [2.45, 2.75) is 51.0 Å². The van der Waals surface area contributed by atoms with Crippen molar-refractivity contribution in [2.75, 3.05) is 6.61 Å². The molecular weight excluding hydrogens is 404 g/mol. The highest BCUT2D eigenvalue weighted by molar-refractivity contribution is 6.99. The minimum atomic E-state index is -2.78. The van der Waals surface area contributed by atoms with E-state index >= 15 is 0 Å². The van der Waals surface area contributed by atoms with Gasteiger partial charge in [0.25, 0.3) is 8.32 Å². The maximum atomic E-state index is 13.0. The highest BCUT2D eigenvalue weighted by Crippen LogP contribution is 2.41. The molecule has 3 atom stereocenters. The second-order valence-electron chi connectivity index (χ2n) is 9.22. The number of ether oxygens (including phenoxy) is 1. The van der Waals surface area contributed by atoms with Gasteiger partial charge in [0.05, 0.1) is 6.61 Å². The van der Waals surface area contributed by atoms with Crippen LogP contribution in [0.25, 0.3) is 0 Å². The van der Waals surface area contributed by atoms with E-state index < -0.39 is 26.6 Å². The second kappa shape index (κ2) is 8.32. The molecule has 2 aromatic carbocycles. The van der Waals surface area contributed by atoms with Gasteiger partial charge in [0, 0.05) is 5.57 Å². The highest BCUT2D eigenvalue weighted by atomic mass is 28.4. The van der Waals surface area contributed by atoms with E-state index in [0.29, 0.717) is 11.1 Å². The SMILES string of the molecule is C/C=C/C1=C(CO[Si](c2ccccc2)(c2ccccc2)C(C)(C)C)C(=O)[C@H]2O[C@H]2[C@@H]1O. The summed E-state index contributed by atoms with van der Waals surface area (Å²) in [6, 6.07) is 20.7. The van der Waals surface area contributed by atoms with E-state index in [2.05, 4.69) is 45.0 Å². The first-order chi connectivity index (χ1) is 14.8. The van der Waals surface area contributed by atoms with Crippen molar-refractivity contribution in [3.63, 3.8) is 0 Å². The van der Waals surface area contributed by atoms with Gasteiger partial charge in [0.15, 0.2) is 5.78 Å². The number of fused-ring (bicyclic) bond motifs is 1. The van der Waals surface area contributed by atoms with Gasteiger partial charge in [-0.1, -0.05) is 93.6 Å². The molecule has 4 rings (SSSR count). The molecule has 0 aromatic heterocycles. The first-order valence-electron chi connectivity index (χ1n) is 10.8. The van der Waals surface area contributed by atoms with E-state index in [1.165, 1.54) is 0 Å². The van der Waals surface area contributed by atoms with E-state index in [9.17, 15) is 9.90 Å². The molecule has 31 heavy (non-hydrogen) atoms. The smallest absolute Gasteiger partial charge is 0.261 e. The Labute approximate surface area is 185 Å². The van der Waals surface area contributed by atoms with E-state index in [1.807, 2.05) is 55.5 Å². The molecular formula is C26H30O4Si. The van der Waals surface area contributed by atoms with Crippen LogP contribution in [0.3, 0.4) is 0 Å². The van der Waals surface area contributed by atoms with Gasteiger partial charge in [0.1, 0.15) is 18.3 Å². The van der Waals surface area contributed by atoms with Gasteiger partial charge in [-0.05, 0) is 27.9 Å². The first kappa shape index (κ1) is 21.9. The molecule has 162 valence electrons. The van der Waals surface area contributed by atoms with Crippen LogP contribution in [0.1, 0.15) is 27.7 Å². The molecule has 1 heterocycles. The lowest BCUT2D eigenvalue weighted by molar-refractivity contribution is -0.117. The quantitative estimate of drug-likeness (QED) is 0.561. The molecule has 4 nitrogen and oxygen atoms in total. The average Bonchev–Trinajstić information content (AvgIpc) is 3.56.